The van der Waals surface area contributed by atoms with E-state index >= 15 is 0 Å². The molecule has 0 unspecified atom stereocenters. The van der Waals surface area contributed by atoms with E-state index < -0.39 is 0 Å². The highest BCUT2D eigenvalue weighted by Gasteiger charge is 2.33. The monoisotopic (exact) mass is 445 g/mol. The summed E-state index contributed by atoms with van der Waals surface area (Å²) >= 11 is 9.23. The summed E-state index contributed by atoms with van der Waals surface area (Å²) in [5.74, 6) is 2.69. The fourth-order valence-corrected chi connectivity index (χ4v) is 7.11. The molecular formula is C21H27N5S3. The zero-order valence-electron chi connectivity index (χ0n) is 16.8. The molecule has 29 heavy (non-hydrogen) atoms. The van der Waals surface area contributed by atoms with Crippen LogP contribution in [0.3, 0.4) is 0 Å². The predicted octanol–water partition coefficient (Wildman–Crippen LogP) is 5.47. The number of rotatable bonds is 5. The Bertz CT molecular complexity index is 1020. The maximum atomic E-state index is 5.73. The number of hydrogen-bond acceptors (Lipinski definition) is 6. The molecule has 2 aliphatic rings. The summed E-state index contributed by atoms with van der Waals surface area (Å²) in [7, 11) is 2.04. The molecule has 3 aromatic rings. The van der Waals surface area contributed by atoms with Crippen LogP contribution < -0.4 is 0 Å². The van der Waals surface area contributed by atoms with Crippen LogP contribution in [0.15, 0.2) is 28.6 Å². The van der Waals surface area contributed by atoms with Gasteiger partial charge in [-0.15, -0.1) is 11.3 Å². The average molecular weight is 446 g/mol. The van der Waals surface area contributed by atoms with Crippen molar-refractivity contribution in [2.75, 3.05) is 6.54 Å². The molecule has 0 bridgehead atoms. The Morgan fingerprint density at radius 2 is 2.00 bits per heavy atom. The second kappa shape index (κ2) is 8.49. The molecule has 0 spiro atoms. The van der Waals surface area contributed by atoms with E-state index in [-0.39, 0.29) is 0 Å². The number of aromatic nitrogens is 4. The van der Waals surface area contributed by atoms with Crippen molar-refractivity contribution in [3.8, 4) is 0 Å². The standard InChI is InChI=1S/C21H27N5S3/c1-24-19(13-28-20-22-16-9-3-5-11-18(16)29-20)23-26(21(24)27)14-25-12-6-8-15-7-2-4-10-17(15)25/h3,5,9,11,15,17H,2,4,6-8,10,12-14H2,1H3/t15-,17+/m0/s1. The van der Waals surface area contributed by atoms with Crippen LogP contribution in [0.4, 0.5) is 0 Å². The van der Waals surface area contributed by atoms with E-state index in [9.17, 15) is 0 Å². The van der Waals surface area contributed by atoms with Gasteiger partial charge in [-0.2, -0.15) is 5.10 Å². The van der Waals surface area contributed by atoms with Crippen molar-refractivity contribution in [1.29, 1.82) is 0 Å². The molecule has 2 atom stereocenters. The number of thiazole rings is 1. The van der Waals surface area contributed by atoms with E-state index in [1.807, 2.05) is 17.8 Å². The minimum absolute atomic E-state index is 0.724. The second-order valence-electron chi connectivity index (χ2n) is 8.20. The van der Waals surface area contributed by atoms with Gasteiger partial charge in [0.2, 0.25) is 0 Å². The lowest BCUT2D eigenvalue weighted by Gasteiger charge is -2.43. The van der Waals surface area contributed by atoms with E-state index in [1.54, 1.807) is 23.1 Å². The number of para-hydroxylation sites is 1. The number of thioether (sulfide) groups is 1. The highest BCUT2D eigenvalue weighted by molar-refractivity contribution is 8.00. The molecule has 8 heteroatoms. The van der Waals surface area contributed by atoms with Gasteiger partial charge in [0.15, 0.2) is 9.11 Å². The highest BCUT2D eigenvalue weighted by atomic mass is 32.2. The zero-order chi connectivity index (χ0) is 19.8. The molecule has 154 valence electrons. The van der Waals surface area contributed by atoms with Crippen molar-refractivity contribution < 1.29 is 0 Å². The van der Waals surface area contributed by atoms with Crippen molar-refractivity contribution in [3.63, 3.8) is 0 Å². The van der Waals surface area contributed by atoms with Gasteiger partial charge in [-0.25, -0.2) is 9.67 Å². The fourth-order valence-electron chi connectivity index (χ4n) is 4.87. The number of piperidine rings is 1. The largest absolute Gasteiger partial charge is 0.306 e. The van der Waals surface area contributed by atoms with Gasteiger partial charge in [0.1, 0.15) is 5.82 Å². The van der Waals surface area contributed by atoms with Crippen LogP contribution in [0, 0.1) is 10.7 Å². The number of hydrogen-bond donors (Lipinski definition) is 0. The molecule has 0 amide bonds. The molecule has 2 aromatic heterocycles. The Morgan fingerprint density at radius 1 is 1.17 bits per heavy atom. The summed E-state index contributed by atoms with van der Waals surface area (Å²) in [4.78, 5) is 7.37. The summed E-state index contributed by atoms with van der Waals surface area (Å²) < 4.78 is 7.26. The van der Waals surface area contributed by atoms with E-state index in [2.05, 4.69) is 27.7 Å². The van der Waals surface area contributed by atoms with Gasteiger partial charge in [-0.05, 0) is 56.0 Å². The molecule has 1 aliphatic heterocycles. The highest BCUT2D eigenvalue weighted by Crippen LogP contribution is 2.35. The summed E-state index contributed by atoms with van der Waals surface area (Å²) in [6.45, 7) is 2.01. The summed E-state index contributed by atoms with van der Waals surface area (Å²) in [6, 6.07) is 9.03. The SMILES string of the molecule is Cn1c(CSc2nc3ccccc3s2)nn(CN2CCC[C@@H]3CCCC[C@H]32)c1=S. The van der Waals surface area contributed by atoms with Gasteiger partial charge >= 0.3 is 0 Å². The van der Waals surface area contributed by atoms with Crippen LogP contribution >= 0.6 is 35.3 Å². The van der Waals surface area contributed by atoms with Crippen LogP contribution in [0.25, 0.3) is 10.2 Å². The van der Waals surface area contributed by atoms with Gasteiger partial charge < -0.3 is 4.57 Å². The van der Waals surface area contributed by atoms with E-state index in [4.69, 9.17) is 22.3 Å². The Labute approximate surface area is 185 Å². The van der Waals surface area contributed by atoms with Crippen LogP contribution in [0.2, 0.25) is 0 Å². The molecule has 0 N–H and O–H groups in total. The minimum atomic E-state index is 0.724. The quantitative estimate of drug-likeness (QED) is 0.385. The van der Waals surface area contributed by atoms with Crippen LogP contribution in [-0.4, -0.2) is 36.8 Å². The molecule has 5 rings (SSSR count). The van der Waals surface area contributed by atoms with Crippen LogP contribution in [0.1, 0.15) is 44.3 Å². The molecule has 1 saturated heterocycles. The first-order valence-corrected chi connectivity index (χ1v) is 12.8. The van der Waals surface area contributed by atoms with Crippen molar-refractivity contribution in [2.45, 2.75) is 61.3 Å². The van der Waals surface area contributed by atoms with Crippen LogP contribution in [0.5, 0.6) is 0 Å². The molecule has 3 heterocycles. The molecule has 2 fully saturated rings. The van der Waals surface area contributed by atoms with Gasteiger partial charge in [0.05, 0.1) is 22.6 Å². The lowest BCUT2D eigenvalue weighted by Crippen LogP contribution is -2.47. The molecule has 0 radical (unpaired) electrons. The first-order chi connectivity index (χ1) is 14.2. The molecule has 1 aliphatic carbocycles. The van der Waals surface area contributed by atoms with Crippen molar-refractivity contribution in [3.05, 3.63) is 34.9 Å². The summed E-state index contributed by atoms with van der Waals surface area (Å²) in [5.41, 5.74) is 1.07. The maximum absolute atomic E-state index is 5.73. The Morgan fingerprint density at radius 3 is 2.90 bits per heavy atom. The number of likely N-dealkylation sites (tertiary alicyclic amines) is 1. The van der Waals surface area contributed by atoms with E-state index in [1.165, 1.54) is 49.8 Å². The number of benzene rings is 1. The molecule has 1 aromatic carbocycles. The summed E-state index contributed by atoms with van der Waals surface area (Å²) in [5, 5.41) is 4.90. The van der Waals surface area contributed by atoms with E-state index in [0.717, 1.165) is 44.8 Å². The second-order valence-corrected chi connectivity index (χ2v) is 10.8. The zero-order valence-corrected chi connectivity index (χ0v) is 19.2. The Hall–Kier alpha value is -1.22. The topological polar surface area (TPSA) is 38.9 Å². The first kappa shape index (κ1) is 19.7. The maximum Gasteiger partial charge on any atom is 0.198 e. The fraction of sp³-hybridized carbons (Fsp3) is 0.571. The average Bonchev–Trinajstić information content (AvgIpc) is 3.28. The van der Waals surface area contributed by atoms with Gasteiger partial charge in [-0.3, -0.25) is 4.90 Å². The van der Waals surface area contributed by atoms with Gasteiger partial charge in [0, 0.05) is 19.6 Å². The van der Waals surface area contributed by atoms with Crippen molar-refractivity contribution >= 4 is 45.5 Å². The van der Waals surface area contributed by atoms with Gasteiger partial charge in [0.25, 0.3) is 0 Å². The molecule has 5 nitrogen and oxygen atoms in total. The van der Waals surface area contributed by atoms with E-state index in [0.29, 0.717) is 0 Å². The summed E-state index contributed by atoms with van der Waals surface area (Å²) in [6.07, 6.45) is 8.23. The van der Waals surface area contributed by atoms with Crippen molar-refractivity contribution in [1.82, 2.24) is 24.2 Å². The van der Waals surface area contributed by atoms with Gasteiger partial charge in [-0.1, -0.05) is 36.7 Å². The minimum Gasteiger partial charge on any atom is -0.306 e. The number of fused-ring (bicyclic) bond motifs is 2. The van der Waals surface area contributed by atoms with Crippen LogP contribution in [-0.2, 0) is 19.5 Å². The lowest BCUT2D eigenvalue weighted by atomic mass is 9.78. The van der Waals surface area contributed by atoms with Crippen molar-refractivity contribution in [2.24, 2.45) is 13.0 Å². The third-order valence-corrected chi connectivity index (χ3v) is 9.06. The third kappa shape index (κ3) is 4.04. The first-order valence-electron chi connectivity index (χ1n) is 10.5. The lowest BCUT2D eigenvalue weighted by molar-refractivity contribution is 0.0322. The Kier molecular flexibility index (Phi) is 5.78. The normalized spacial score (nSPS) is 22.8. The Balaban J connectivity index is 1.30. The predicted molar refractivity (Wildman–Crippen MR) is 123 cm³/mol. The molecular weight excluding hydrogens is 418 g/mol. The smallest absolute Gasteiger partial charge is 0.198 e. The molecule has 1 saturated carbocycles. The number of nitrogens with zero attached hydrogens (tertiary/aromatic N) is 5. The third-order valence-electron chi connectivity index (χ3n) is 6.40.